The largest absolute Gasteiger partial charge is 0.289 e. The van der Waals surface area contributed by atoms with Crippen molar-refractivity contribution in [2.75, 3.05) is 0 Å². The molecule has 0 aliphatic carbocycles. The van der Waals surface area contributed by atoms with E-state index in [-0.39, 0.29) is 5.75 Å². The van der Waals surface area contributed by atoms with Gasteiger partial charge in [-0.1, -0.05) is 6.07 Å². The van der Waals surface area contributed by atoms with Crippen molar-refractivity contribution in [2.45, 2.75) is 0 Å². The Kier molecular flexibility index (Phi) is 1.25. The van der Waals surface area contributed by atoms with Crippen molar-refractivity contribution in [3.63, 3.8) is 0 Å². The highest BCUT2D eigenvalue weighted by molar-refractivity contribution is 5.84. The van der Waals surface area contributed by atoms with Gasteiger partial charge in [-0.2, -0.15) is 0 Å². The normalized spacial score (nSPS) is 10.2. The second-order valence-electron chi connectivity index (χ2n) is 2.33. The van der Waals surface area contributed by atoms with E-state index in [0.29, 0.717) is 5.39 Å². The monoisotopic (exact) mass is 144 g/mol. The maximum absolute atomic E-state index is 11.1. The molecule has 2 nitrogen and oxygen atoms in total. The molecule has 0 saturated heterocycles. The predicted molar refractivity (Wildman–Crippen MR) is 41.9 cm³/mol. The highest BCUT2D eigenvalue weighted by atomic mass is 16.3. The summed E-state index contributed by atoms with van der Waals surface area (Å²) in [6.45, 7) is 0. The van der Waals surface area contributed by atoms with E-state index in [2.05, 4.69) is 4.98 Å². The topological polar surface area (TPSA) is 32.8 Å². The van der Waals surface area contributed by atoms with Crippen LogP contribution in [0.4, 0.5) is 0 Å². The fourth-order valence-electron chi connectivity index (χ4n) is 1.08. The smallest absolute Gasteiger partial charge is 0.188 e. The number of hydrogen-bond acceptors (Lipinski definition) is 1. The summed E-state index contributed by atoms with van der Waals surface area (Å²) in [5.41, 5.74) is 0.764. The molecule has 0 bridgehead atoms. The second-order valence-corrected chi connectivity index (χ2v) is 2.33. The van der Waals surface area contributed by atoms with Crippen LogP contribution >= 0.6 is 0 Å². The van der Waals surface area contributed by atoms with Crippen molar-refractivity contribution in [2.24, 2.45) is 0 Å². The fourth-order valence-corrected chi connectivity index (χ4v) is 1.08. The van der Waals surface area contributed by atoms with E-state index in [1.54, 1.807) is 30.5 Å². The molecule has 1 heterocycles. The van der Waals surface area contributed by atoms with Gasteiger partial charge in [-0.25, -0.2) is 0 Å². The lowest BCUT2D eigenvalue weighted by Gasteiger charge is -1.94. The minimum absolute atomic E-state index is 0.0376. The molecule has 1 aromatic heterocycles. The minimum Gasteiger partial charge on any atom is -0.289 e. The minimum atomic E-state index is 0.0376. The molecule has 0 saturated carbocycles. The van der Waals surface area contributed by atoms with Gasteiger partial charge in [0.1, 0.15) is 0 Å². The molecule has 1 radical (unpaired) electrons. The highest BCUT2D eigenvalue weighted by Crippen LogP contribution is 2.21. The zero-order chi connectivity index (χ0) is 7.68. The molecule has 0 aliphatic rings. The summed E-state index contributed by atoms with van der Waals surface area (Å²) < 4.78 is 0. The summed E-state index contributed by atoms with van der Waals surface area (Å²) >= 11 is 0. The van der Waals surface area contributed by atoms with Gasteiger partial charge in [-0.05, 0) is 24.3 Å². The van der Waals surface area contributed by atoms with Crippen molar-refractivity contribution >= 4 is 10.9 Å². The van der Waals surface area contributed by atoms with E-state index in [1.165, 1.54) is 0 Å². The summed E-state index contributed by atoms with van der Waals surface area (Å²) in [6.07, 6.45) is 1.68. The zero-order valence-electron chi connectivity index (χ0n) is 5.82. The molecule has 53 valence electrons. The summed E-state index contributed by atoms with van der Waals surface area (Å²) in [5, 5.41) is 11.8. The first-order valence-electron chi connectivity index (χ1n) is 3.39. The summed E-state index contributed by atoms with van der Waals surface area (Å²) in [4.78, 5) is 4.04. The van der Waals surface area contributed by atoms with E-state index in [1.807, 2.05) is 6.07 Å². The van der Waals surface area contributed by atoms with E-state index in [0.717, 1.165) is 5.52 Å². The van der Waals surface area contributed by atoms with Crippen LogP contribution in [0, 0.1) is 0 Å². The molecule has 0 amide bonds. The Hall–Kier alpha value is -1.57. The molecule has 0 atom stereocenters. The molecule has 0 aliphatic heterocycles. The number of benzene rings is 1. The van der Waals surface area contributed by atoms with Crippen LogP contribution in [-0.2, 0) is 5.11 Å². The van der Waals surface area contributed by atoms with Gasteiger partial charge in [0.25, 0.3) is 0 Å². The average molecular weight is 144 g/mol. The molecular formula is C9H6NO. The van der Waals surface area contributed by atoms with Gasteiger partial charge in [-0.3, -0.25) is 10.1 Å². The molecule has 11 heavy (non-hydrogen) atoms. The standard InChI is InChI=1S/C9H6NO/c11-9-5-1-4-8-7(9)3-2-6-10-8/h1-6H. The highest BCUT2D eigenvalue weighted by Gasteiger charge is 1.98. The van der Waals surface area contributed by atoms with Crippen molar-refractivity contribution < 1.29 is 5.11 Å². The molecule has 2 heteroatoms. The number of hydrogen-bond donors (Lipinski definition) is 0. The van der Waals surface area contributed by atoms with Crippen LogP contribution in [0.5, 0.6) is 5.75 Å². The van der Waals surface area contributed by atoms with Crippen LogP contribution in [0.15, 0.2) is 36.5 Å². The summed E-state index contributed by atoms with van der Waals surface area (Å²) in [6, 6.07) is 8.65. The lowest BCUT2D eigenvalue weighted by Crippen LogP contribution is -1.75. The van der Waals surface area contributed by atoms with Crippen LogP contribution in [0.3, 0.4) is 0 Å². The van der Waals surface area contributed by atoms with Gasteiger partial charge in [0.05, 0.1) is 5.52 Å². The molecule has 0 N–H and O–H groups in total. The Balaban J connectivity index is 2.91. The summed E-state index contributed by atoms with van der Waals surface area (Å²) in [5.74, 6) is 0.0376. The van der Waals surface area contributed by atoms with Gasteiger partial charge in [0, 0.05) is 11.6 Å². The third-order valence-electron chi connectivity index (χ3n) is 1.61. The van der Waals surface area contributed by atoms with E-state index in [9.17, 15) is 5.11 Å². The van der Waals surface area contributed by atoms with Crippen molar-refractivity contribution in [1.82, 2.24) is 4.98 Å². The predicted octanol–water partition coefficient (Wildman–Crippen LogP) is 2.38. The first-order chi connectivity index (χ1) is 5.38. The first-order valence-corrected chi connectivity index (χ1v) is 3.39. The van der Waals surface area contributed by atoms with Crippen LogP contribution < -0.4 is 0 Å². The molecule has 0 fully saturated rings. The van der Waals surface area contributed by atoms with Crippen molar-refractivity contribution in [3.8, 4) is 5.75 Å². The van der Waals surface area contributed by atoms with Crippen LogP contribution in [0.25, 0.3) is 10.9 Å². The average Bonchev–Trinajstić information content (AvgIpc) is 2.06. The molecule has 2 aromatic rings. The van der Waals surface area contributed by atoms with Crippen molar-refractivity contribution in [3.05, 3.63) is 36.5 Å². The molecule has 1 aromatic carbocycles. The van der Waals surface area contributed by atoms with Gasteiger partial charge < -0.3 is 0 Å². The lowest BCUT2D eigenvalue weighted by molar-refractivity contribution is 0.360. The van der Waals surface area contributed by atoms with Crippen molar-refractivity contribution in [1.29, 1.82) is 0 Å². The zero-order valence-corrected chi connectivity index (χ0v) is 5.82. The molecular weight excluding hydrogens is 138 g/mol. The molecule has 2 rings (SSSR count). The number of aromatic nitrogens is 1. The first kappa shape index (κ1) is 6.16. The Morgan fingerprint density at radius 3 is 2.82 bits per heavy atom. The number of nitrogens with zero attached hydrogens (tertiary/aromatic N) is 1. The Morgan fingerprint density at radius 2 is 2.00 bits per heavy atom. The third-order valence-corrected chi connectivity index (χ3v) is 1.61. The maximum atomic E-state index is 11.1. The quantitative estimate of drug-likeness (QED) is 0.558. The second kappa shape index (κ2) is 2.23. The summed E-state index contributed by atoms with van der Waals surface area (Å²) in [7, 11) is 0. The van der Waals surface area contributed by atoms with Crippen LogP contribution in [-0.4, -0.2) is 4.98 Å². The number of rotatable bonds is 0. The molecule has 0 unspecified atom stereocenters. The van der Waals surface area contributed by atoms with E-state index >= 15 is 0 Å². The Labute approximate surface area is 64.1 Å². The maximum Gasteiger partial charge on any atom is 0.188 e. The van der Waals surface area contributed by atoms with E-state index in [4.69, 9.17) is 0 Å². The third kappa shape index (κ3) is 0.923. The number of pyridine rings is 1. The van der Waals surface area contributed by atoms with Gasteiger partial charge in [0.2, 0.25) is 0 Å². The lowest BCUT2D eigenvalue weighted by atomic mass is 10.2. The molecule has 0 spiro atoms. The fraction of sp³-hybridized carbons (Fsp3) is 0. The van der Waals surface area contributed by atoms with Gasteiger partial charge in [-0.15, -0.1) is 0 Å². The van der Waals surface area contributed by atoms with Gasteiger partial charge >= 0.3 is 0 Å². The van der Waals surface area contributed by atoms with Crippen LogP contribution in [0.2, 0.25) is 0 Å². The van der Waals surface area contributed by atoms with Gasteiger partial charge in [0.15, 0.2) is 5.75 Å². The van der Waals surface area contributed by atoms with Crippen LogP contribution in [0.1, 0.15) is 0 Å². The SMILES string of the molecule is [O]c1cccc2ncccc12. The van der Waals surface area contributed by atoms with E-state index < -0.39 is 0 Å². The Morgan fingerprint density at radius 1 is 1.09 bits per heavy atom. The number of fused-ring (bicyclic) bond motifs is 1. The Bertz CT molecular complexity index is 379.